The Labute approximate surface area is 105 Å². The lowest BCUT2D eigenvalue weighted by atomic mass is 10.1. The second-order valence-corrected chi connectivity index (χ2v) is 5.13. The average molecular weight is 260 g/mol. The first kappa shape index (κ1) is 12.8. The molecule has 2 atom stereocenters. The molecule has 2 rings (SSSR count). The van der Waals surface area contributed by atoms with Gasteiger partial charge in [0.1, 0.15) is 11.6 Å². The zero-order valence-electron chi connectivity index (χ0n) is 9.56. The molecule has 0 aliphatic heterocycles. The van der Waals surface area contributed by atoms with Gasteiger partial charge >= 0.3 is 0 Å². The molecular weight excluding hydrogens is 244 g/mol. The van der Waals surface area contributed by atoms with Crippen molar-refractivity contribution in [3.63, 3.8) is 0 Å². The Bertz CT molecular complexity index is 384. The molecule has 1 N–H and O–H groups in total. The van der Waals surface area contributed by atoms with Crippen LogP contribution in [0, 0.1) is 17.6 Å². The molecule has 0 saturated heterocycles. The summed E-state index contributed by atoms with van der Waals surface area (Å²) in [7, 11) is 0. The average Bonchev–Trinajstić information content (AvgIpc) is 2.68. The van der Waals surface area contributed by atoms with Gasteiger partial charge in [0.15, 0.2) is 0 Å². The summed E-state index contributed by atoms with van der Waals surface area (Å²) in [4.78, 5) is 0. The van der Waals surface area contributed by atoms with Gasteiger partial charge in [0.05, 0.1) is 0 Å². The first-order valence-corrected chi connectivity index (χ1v) is 6.39. The summed E-state index contributed by atoms with van der Waals surface area (Å²) in [6.07, 6.45) is 3.37. The van der Waals surface area contributed by atoms with Crippen LogP contribution in [0.4, 0.5) is 8.78 Å². The van der Waals surface area contributed by atoms with E-state index in [2.05, 4.69) is 5.32 Å². The summed E-state index contributed by atoms with van der Waals surface area (Å²) >= 11 is 6.15. The van der Waals surface area contributed by atoms with Crippen LogP contribution in [0.25, 0.3) is 0 Å². The fraction of sp³-hybridized carbons (Fsp3) is 0.538. The summed E-state index contributed by atoms with van der Waals surface area (Å²) in [6.45, 7) is 1.22. The Morgan fingerprint density at radius 3 is 2.76 bits per heavy atom. The number of hydrogen-bond donors (Lipinski definition) is 1. The Morgan fingerprint density at radius 2 is 2.12 bits per heavy atom. The molecule has 0 spiro atoms. The Morgan fingerprint density at radius 1 is 1.29 bits per heavy atom. The van der Waals surface area contributed by atoms with Crippen molar-refractivity contribution in [2.45, 2.75) is 31.2 Å². The topological polar surface area (TPSA) is 12.0 Å². The van der Waals surface area contributed by atoms with Gasteiger partial charge in [-0.15, -0.1) is 11.6 Å². The molecule has 1 nitrogen and oxygen atoms in total. The maximum atomic E-state index is 13.3. The van der Waals surface area contributed by atoms with Crippen LogP contribution in [0.15, 0.2) is 18.2 Å². The molecule has 17 heavy (non-hydrogen) atoms. The number of alkyl halides is 1. The number of halogens is 3. The molecule has 0 bridgehead atoms. The van der Waals surface area contributed by atoms with Gasteiger partial charge in [0.25, 0.3) is 0 Å². The molecule has 4 heteroatoms. The van der Waals surface area contributed by atoms with Gasteiger partial charge in [-0.05, 0) is 31.4 Å². The minimum absolute atomic E-state index is 0.237. The van der Waals surface area contributed by atoms with Crippen molar-refractivity contribution in [2.75, 3.05) is 6.54 Å². The van der Waals surface area contributed by atoms with Crippen molar-refractivity contribution in [3.05, 3.63) is 35.4 Å². The lowest BCUT2D eigenvalue weighted by Crippen LogP contribution is -2.25. The van der Waals surface area contributed by atoms with Gasteiger partial charge in [-0.2, -0.15) is 0 Å². The van der Waals surface area contributed by atoms with Gasteiger partial charge in [0.2, 0.25) is 0 Å². The normalized spacial score (nSPS) is 24.2. The SMILES string of the molecule is Fc1ccc(CNCC2CCCC2Cl)c(F)c1. The van der Waals surface area contributed by atoms with E-state index < -0.39 is 11.6 Å². The van der Waals surface area contributed by atoms with Gasteiger partial charge in [-0.3, -0.25) is 0 Å². The monoisotopic (exact) mass is 259 g/mol. The Kier molecular flexibility index (Phi) is 4.35. The van der Waals surface area contributed by atoms with Crippen LogP contribution in [-0.2, 0) is 6.54 Å². The highest BCUT2D eigenvalue weighted by Gasteiger charge is 2.24. The second kappa shape index (κ2) is 5.78. The lowest BCUT2D eigenvalue weighted by Gasteiger charge is -2.14. The summed E-state index contributed by atoms with van der Waals surface area (Å²) in [5, 5.41) is 3.42. The van der Waals surface area contributed by atoms with Crippen molar-refractivity contribution in [3.8, 4) is 0 Å². The lowest BCUT2D eigenvalue weighted by molar-refractivity contribution is 0.485. The van der Waals surface area contributed by atoms with E-state index >= 15 is 0 Å². The summed E-state index contributed by atoms with van der Waals surface area (Å²) in [5.74, 6) is -0.561. The molecule has 1 aliphatic carbocycles. The van der Waals surface area contributed by atoms with Crippen molar-refractivity contribution in [1.82, 2.24) is 5.32 Å². The predicted molar refractivity (Wildman–Crippen MR) is 65.0 cm³/mol. The maximum Gasteiger partial charge on any atom is 0.130 e. The number of hydrogen-bond acceptors (Lipinski definition) is 1. The molecule has 1 saturated carbocycles. The summed E-state index contributed by atoms with van der Waals surface area (Å²) in [5.41, 5.74) is 0.496. The molecule has 94 valence electrons. The highest BCUT2D eigenvalue weighted by atomic mass is 35.5. The van der Waals surface area contributed by atoms with E-state index in [4.69, 9.17) is 11.6 Å². The van der Waals surface area contributed by atoms with Crippen molar-refractivity contribution in [1.29, 1.82) is 0 Å². The van der Waals surface area contributed by atoms with Crippen LogP contribution < -0.4 is 5.32 Å². The van der Waals surface area contributed by atoms with Crippen molar-refractivity contribution in [2.24, 2.45) is 5.92 Å². The van der Waals surface area contributed by atoms with E-state index in [1.54, 1.807) is 0 Å². The molecule has 1 aromatic carbocycles. The number of nitrogens with one attached hydrogen (secondary N) is 1. The van der Waals surface area contributed by atoms with E-state index in [9.17, 15) is 8.78 Å². The molecule has 0 radical (unpaired) electrons. The van der Waals surface area contributed by atoms with E-state index in [0.29, 0.717) is 18.0 Å². The van der Waals surface area contributed by atoms with Gasteiger partial charge < -0.3 is 5.32 Å². The van der Waals surface area contributed by atoms with E-state index in [1.807, 2.05) is 0 Å². The summed E-state index contributed by atoms with van der Waals surface area (Å²) < 4.78 is 26.0. The zero-order chi connectivity index (χ0) is 12.3. The molecule has 0 aromatic heterocycles. The van der Waals surface area contributed by atoms with Crippen LogP contribution in [-0.4, -0.2) is 11.9 Å². The molecule has 2 unspecified atom stereocenters. The summed E-state index contributed by atoms with van der Waals surface area (Å²) in [6, 6.07) is 3.67. The number of rotatable bonds is 4. The molecule has 0 heterocycles. The quantitative estimate of drug-likeness (QED) is 0.817. The predicted octanol–water partition coefficient (Wildman–Crippen LogP) is 3.46. The Hall–Kier alpha value is -0.670. The van der Waals surface area contributed by atoms with Crippen molar-refractivity contribution < 1.29 is 8.78 Å². The zero-order valence-corrected chi connectivity index (χ0v) is 10.3. The molecule has 0 amide bonds. The highest BCUT2D eigenvalue weighted by molar-refractivity contribution is 6.20. The van der Waals surface area contributed by atoms with Gasteiger partial charge in [-0.1, -0.05) is 12.5 Å². The van der Waals surface area contributed by atoms with E-state index in [-0.39, 0.29) is 5.38 Å². The molecule has 1 fully saturated rings. The van der Waals surface area contributed by atoms with Crippen LogP contribution in [0.2, 0.25) is 0 Å². The first-order chi connectivity index (χ1) is 8.16. The Balaban J connectivity index is 1.81. The smallest absolute Gasteiger partial charge is 0.130 e. The second-order valence-electron chi connectivity index (χ2n) is 4.57. The fourth-order valence-corrected chi connectivity index (χ4v) is 2.65. The molecule has 1 aliphatic rings. The minimum atomic E-state index is -0.539. The van der Waals surface area contributed by atoms with Gasteiger partial charge in [0, 0.05) is 23.6 Å². The largest absolute Gasteiger partial charge is 0.312 e. The maximum absolute atomic E-state index is 13.3. The van der Waals surface area contributed by atoms with Crippen LogP contribution in [0.1, 0.15) is 24.8 Å². The third-order valence-electron chi connectivity index (χ3n) is 3.30. The third kappa shape index (κ3) is 3.39. The highest BCUT2D eigenvalue weighted by Crippen LogP contribution is 2.29. The van der Waals surface area contributed by atoms with Crippen LogP contribution >= 0.6 is 11.6 Å². The minimum Gasteiger partial charge on any atom is -0.312 e. The standard InChI is InChI=1S/C13H16ClF2N/c14-12-3-1-2-9(12)7-17-8-10-4-5-11(15)6-13(10)16/h4-6,9,12,17H,1-3,7-8H2. The first-order valence-electron chi connectivity index (χ1n) is 5.95. The number of benzene rings is 1. The van der Waals surface area contributed by atoms with E-state index in [0.717, 1.165) is 25.5 Å². The van der Waals surface area contributed by atoms with Crippen LogP contribution in [0.3, 0.4) is 0 Å². The van der Waals surface area contributed by atoms with E-state index in [1.165, 1.54) is 18.6 Å². The van der Waals surface area contributed by atoms with Crippen molar-refractivity contribution >= 4 is 11.6 Å². The fourth-order valence-electron chi connectivity index (χ4n) is 2.28. The van der Waals surface area contributed by atoms with Crippen LogP contribution in [0.5, 0.6) is 0 Å². The molecular formula is C13H16ClF2N. The van der Waals surface area contributed by atoms with Gasteiger partial charge in [-0.25, -0.2) is 8.78 Å². The molecule has 1 aromatic rings. The third-order valence-corrected chi connectivity index (χ3v) is 3.88.